The lowest BCUT2D eigenvalue weighted by molar-refractivity contribution is 0.388. The molecule has 1 aromatic rings. The fourth-order valence-corrected chi connectivity index (χ4v) is 3.97. The molecule has 2 rings (SSSR count). The van der Waals surface area contributed by atoms with Crippen molar-refractivity contribution in [1.29, 1.82) is 0 Å². The number of methoxy groups -OCH3 is 1. The van der Waals surface area contributed by atoms with E-state index in [-0.39, 0.29) is 6.04 Å². The molecule has 19 heavy (non-hydrogen) atoms. The van der Waals surface area contributed by atoms with Gasteiger partial charge in [-0.25, -0.2) is 8.42 Å². The second kappa shape index (κ2) is 5.51. The molecule has 106 valence electrons. The van der Waals surface area contributed by atoms with Crippen LogP contribution in [-0.4, -0.2) is 38.7 Å². The maximum Gasteiger partial charge on any atom is 0.211 e. The highest BCUT2D eigenvalue weighted by molar-refractivity contribution is 7.88. The standard InChI is InChI=1S/C14H21NO3S/c1-11-9-12(6-7-14(11)18-2)10-13-5-4-8-15(13)19(3,16)17/h6-7,9,13H,4-5,8,10H2,1-3H3. The van der Waals surface area contributed by atoms with Crippen LogP contribution in [0.2, 0.25) is 0 Å². The molecule has 1 heterocycles. The normalized spacial score (nSPS) is 20.7. The van der Waals surface area contributed by atoms with Gasteiger partial charge in [0, 0.05) is 12.6 Å². The van der Waals surface area contributed by atoms with Crippen molar-refractivity contribution in [2.75, 3.05) is 19.9 Å². The Morgan fingerprint density at radius 3 is 2.74 bits per heavy atom. The zero-order valence-electron chi connectivity index (χ0n) is 11.7. The van der Waals surface area contributed by atoms with Crippen LogP contribution < -0.4 is 4.74 Å². The lowest BCUT2D eigenvalue weighted by Gasteiger charge is -2.22. The van der Waals surface area contributed by atoms with E-state index < -0.39 is 10.0 Å². The van der Waals surface area contributed by atoms with Crippen LogP contribution in [0.5, 0.6) is 5.75 Å². The highest BCUT2D eigenvalue weighted by atomic mass is 32.2. The first-order valence-corrected chi connectivity index (χ1v) is 8.37. The molecule has 0 radical (unpaired) electrons. The molecule has 1 saturated heterocycles. The number of aryl methyl sites for hydroxylation is 1. The number of hydrogen-bond acceptors (Lipinski definition) is 3. The van der Waals surface area contributed by atoms with Crippen LogP contribution in [0, 0.1) is 6.92 Å². The van der Waals surface area contributed by atoms with Gasteiger partial charge in [-0.2, -0.15) is 4.31 Å². The Bertz CT molecular complexity index is 554. The number of hydrogen-bond donors (Lipinski definition) is 0. The Morgan fingerprint density at radius 1 is 1.42 bits per heavy atom. The molecule has 1 aliphatic heterocycles. The Labute approximate surface area is 115 Å². The van der Waals surface area contributed by atoms with Crippen LogP contribution in [0.15, 0.2) is 18.2 Å². The maximum atomic E-state index is 11.7. The van der Waals surface area contributed by atoms with Gasteiger partial charge in [0.05, 0.1) is 13.4 Å². The zero-order valence-corrected chi connectivity index (χ0v) is 12.5. The minimum absolute atomic E-state index is 0.0998. The summed E-state index contributed by atoms with van der Waals surface area (Å²) >= 11 is 0. The Hall–Kier alpha value is -1.07. The summed E-state index contributed by atoms with van der Waals surface area (Å²) in [4.78, 5) is 0. The number of benzene rings is 1. The van der Waals surface area contributed by atoms with E-state index in [0.29, 0.717) is 6.54 Å². The van der Waals surface area contributed by atoms with E-state index >= 15 is 0 Å². The van der Waals surface area contributed by atoms with Crippen molar-refractivity contribution in [1.82, 2.24) is 4.31 Å². The molecule has 0 spiro atoms. The van der Waals surface area contributed by atoms with E-state index in [4.69, 9.17) is 4.74 Å². The number of sulfonamides is 1. The van der Waals surface area contributed by atoms with Crippen molar-refractivity contribution in [3.8, 4) is 5.75 Å². The maximum absolute atomic E-state index is 11.7. The van der Waals surface area contributed by atoms with E-state index in [0.717, 1.165) is 30.6 Å². The molecule has 0 aromatic heterocycles. The SMILES string of the molecule is COc1ccc(CC2CCCN2S(C)(=O)=O)cc1C. The lowest BCUT2D eigenvalue weighted by Crippen LogP contribution is -2.35. The molecule has 0 amide bonds. The van der Waals surface area contributed by atoms with E-state index in [1.807, 2.05) is 19.1 Å². The lowest BCUT2D eigenvalue weighted by atomic mass is 10.0. The molecule has 5 heteroatoms. The van der Waals surface area contributed by atoms with Crippen molar-refractivity contribution < 1.29 is 13.2 Å². The number of rotatable bonds is 4. The van der Waals surface area contributed by atoms with Crippen molar-refractivity contribution in [3.05, 3.63) is 29.3 Å². The highest BCUT2D eigenvalue weighted by Gasteiger charge is 2.31. The van der Waals surface area contributed by atoms with Gasteiger partial charge in [-0.1, -0.05) is 12.1 Å². The smallest absolute Gasteiger partial charge is 0.211 e. The van der Waals surface area contributed by atoms with Gasteiger partial charge < -0.3 is 4.74 Å². The van der Waals surface area contributed by atoms with E-state index in [9.17, 15) is 8.42 Å². The van der Waals surface area contributed by atoms with E-state index in [1.165, 1.54) is 11.8 Å². The molecule has 1 fully saturated rings. The summed E-state index contributed by atoms with van der Waals surface area (Å²) in [5, 5.41) is 0. The van der Waals surface area contributed by atoms with Gasteiger partial charge in [-0.3, -0.25) is 0 Å². The fourth-order valence-electron chi connectivity index (χ4n) is 2.79. The third kappa shape index (κ3) is 3.28. The average Bonchev–Trinajstić information content (AvgIpc) is 2.77. The van der Waals surface area contributed by atoms with Crippen LogP contribution in [0.4, 0.5) is 0 Å². The topological polar surface area (TPSA) is 46.6 Å². The molecule has 1 unspecified atom stereocenters. The molecular formula is C14H21NO3S. The summed E-state index contributed by atoms with van der Waals surface area (Å²) in [6.07, 6.45) is 3.97. The van der Waals surface area contributed by atoms with Crippen LogP contribution >= 0.6 is 0 Å². The predicted octanol–water partition coefficient (Wildman–Crippen LogP) is 1.97. The first kappa shape index (κ1) is 14.3. The quantitative estimate of drug-likeness (QED) is 0.848. The van der Waals surface area contributed by atoms with Gasteiger partial charge in [0.15, 0.2) is 0 Å². The van der Waals surface area contributed by atoms with Crippen molar-refractivity contribution >= 4 is 10.0 Å². The second-order valence-corrected chi connectivity index (χ2v) is 7.11. The van der Waals surface area contributed by atoms with Gasteiger partial charge in [0.25, 0.3) is 0 Å². The molecule has 1 aromatic carbocycles. The van der Waals surface area contributed by atoms with Gasteiger partial charge in [0.1, 0.15) is 5.75 Å². The first-order chi connectivity index (χ1) is 8.91. The summed E-state index contributed by atoms with van der Waals surface area (Å²) in [5.74, 6) is 0.871. The highest BCUT2D eigenvalue weighted by Crippen LogP contribution is 2.25. The van der Waals surface area contributed by atoms with Crippen LogP contribution in [0.3, 0.4) is 0 Å². The van der Waals surface area contributed by atoms with E-state index in [1.54, 1.807) is 11.4 Å². The molecule has 4 nitrogen and oxygen atoms in total. The third-order valence-corrected chi connectivity index (χ3v) is 5.01. The van der Waals surface area contributed by atoms with Crippen molar-refractivity contribution in [3.63, 3.8) is 0 Å². The van der Waals surface area contributed by atoms with Crippen LogP contribution in [0.25, 0.3) is 0 Å². The summed E-state index contributed by atoms with van der Waals surface area (Å²) in [6.45, 7) is 2.66. The largest absolute Gasteiger partial charge is 0.496 e. The molecule has 1 aliphatic rings. The zero-order chi connectivity index (χ0) is 14.0. The molecule has 0 aliphatic carbocycles. The Kier molecular flexibility index (Phi) is 4.16. The van der Waals surface area contributed by atoms with Gasteiger partial charge in [-0.15, -0.1) is 0 Å². The summed E-state index contributed by atoms with van der Waals surface area (Å²) < 4.78 is 30.3. The number of nitrogens with zero attached hydrogens (tertiary/aromatic N) is 1. The molecule has 1 atom stereocenters. The molecule has 0 bridgehead atoms. The average molecular weight is 283 g/mol. The minimum Gasteiger partial charge on any atom is -0.496 e. The Balaban J connectivity index is 2.15. The molecule has 0 N–H and O–H groups in total. The number of ether oxygens (including phenoxy) is 1. The van der Waals surface area contributed by atoms with E-state index in [2.05, 4.69) is 6.07 Å². The molecular weight excluding hydrogens is 262 g/mol. The van der Waals surface area contributed by atoms with Gasteiger partial charge >= 0.3 is 0 Å². The third-order valence-electron chi connectivity index (χ3n) is 3.68. The first-order valence-electron chi connectivity index (χ1n) is 6.52. The second-order valence-electron chi connectivity index (χ2n) is 5.18. The summed E-state index contributed by atoms with van der Waals surface area (Å²) in [7, 11) is -1.43. The summed E-state index contributed by atoms with van der Waals surface area (Å²) in [6, 6.07) is 6.15. The van der Waals surface area contributed by atoms with Gasteiger partial charge in [0.2, 0.25) is 10.0 Å². The monoisotopic (exact) mass is 283 g/mol. The predicted molar refractivity (Wildman–Crippen MR) is 76.0 cm³/mol. The van der Waals surface area contributed by atoms with Crippen LogP contribution in [-0.2, 0) is 16.4 Å². The Morgan fingerprint density at radius 2 is 2.16 bits per heavy atom. The van der Waals surface area contributed by atoms with Crippen LogP contribution in [0.1, 0.15) is 24.0 Å². The fraction of sp³-hybridized carbons (Fsp3) is 0.571. The van der Waals surface area contributed by atoms with Crippen molar-refractivity contribution in [2.45, 2.75) is 32.2 Å². The summed E-state index contributed by atoms with van der Waals surface area (Å²) in [5.41, 5.74) is 2.25. The van der Waals surface area contributed by atoms with Gasteiger partial charge in [-0.05, 0) is 43.4 Å². The molecule has 0 saturated carbocycles. The minimum atomic E-state index is -3.09. The van der Waals surface area contributed by atoms with Crippen molar-refractivity contribution in [2.24, 2.45) is 0 Å².